The smallest absolute Gasteiger partial charge is 0.349 e. The SMILES string of the molecule is O=C1[C@@H]2[C@@H](c3ccc(Cl)cc3)OC3(C(=O)c4ccccc4C3=O)[C@H]2C(=O)N1c1cccc(C(F)(F)F)c1. The molecule has 1 spiro atoms. The molecule has 0 N–H and O–H groups in total. The van der Waals surface area contributed by atoms with Gasteiger partial charge in [-0.25, -0.2) is 4.90 Å². The highest BCUT2D eigenvalue weighted by molar-refractivity contribution is 6.37. The number of imide groups is 1. The van der Waals surface area contributed by atoms with E-state index in [0.717, 1.165) is 12.1 Å². The third kappa shape index (κ3) is 3.17. The van der Waals surface area contributed by atoms with Gasteiger partial charge in [0.15, 0.2) is 0 Å². The van der Waals surface area contributed by atoms with E-state index in [-0.39, 0.29) is 16.8 Å². The first kappa shape index (κ1) is 23.6. The molecule has 0 bridgehead atoms. The molecule has 0 unspecified atom stereocenters. The molecule has 2 saturated heterocycles. The molecule has 37 heavy (non-hydrogen) atoms. The topological polar surface area (TPSA) is 80.8 Å². The second-order valence-corrected chi connectivity index (χ2v) is 9.53. The van der Waals surface area contributed by atoms with Gasteiger partial charge >= 0.3 is 6.18 Å². The maximum atomic E-state index is 13.8. The van der Waals surface area contributed by atoms with Crippen LogP contribution in [0.1, 0.15) is 37.9 Å². The Labute approximate surface area is 212 Å². The van der Waals surface area contributed by atoms with Crippen LogP contribution in [0.5, 0.6) is 0 Å². The number of alkyl halides is 3. The predicted octanol–water partition coefficient (Wildman–Crippen LogP) is 5.05. The van der Waals surface area contributed by atoms with Crippen LogP contribution in [-0.4, -0.2) is 29.0 Å². The molecule has 0 radical (unpaired) electrons. The Morgan fingerprint density at radius 3 is 2.03 bits per heavy atom. The van der Waals surface area contributed by atoms with Crippen molar-refractivity contribution in [2.75, 3.05) is 4.90 Å². The van der Waals surface area contributed by atoms with Gasteiger partial charge in [-0.3, -0.25) is 19.2 Å². The highest BCUT2D eigenvalue weighted by atomic mass is 35.5. The Balaban J connectivity index is 1.53. The first-order chi connectivity index (χ1) is 17.6. The molecule has 2 fully saturated rings. The van der Waals surface area contributed by atoms with E-state index in [0.29, 0.717) is 21.6 Å². The summed E-state index contributed by atoms with van der Waals surface area (Å²) in [6.07, 6.45) is -5.91. The molecule has 2 heterocycles. The van der Waals surface area contributed by atoms with Crippen molar-refractivity contribution in [2.45, 2.75) is 17.9 Å². The number of Topliss-reactive ketones (excluding diaryl/α,β-unsaturated/α-hetero) is 2. The first-order valence-corrected chi connectivity index (χ1v) is 11.6. The van der Waals surface area contributed by atoms with E-state index >= 15 is 0 Å². The van der Waals surface area contributed by atoms with Crippen LogP contribution in [0.3, 0.4) is 0 Å². The number of nitrogens with zero attached hydrogens (tertiary/aromatic N) is 1. The van der Waals surface area contributed by atoms with Crippen LogP contribution in [0.2, 0.25) is 5.02 Å². The minimum Gasteiger partial charge on any atom is -0.349 e. The van der Waals surface area contributed by atoms with E-state index in [9.17, 15) is 32.3 Å². The Bertz CT molecular complexity index is 1480. The number of anilines is 1. The van der Waals surface area contributed by atoms with Gasteiger partial charge in [0, 0.05) is 16.1 Å². The number of hydrogen-bond acceptors (Lipinski definition) is 5. The molecule has 6 nitrogen and oxygen atoms in total. The monoisotopic (exact) mass is 525 g/mol. The number of carbonyl (C=O) groups is 4. The summed E-state index contributed by atoms with van der Waals surface area (Å²) in [5, 5.41) is 0.382. The van der Waals surface area contributed by atoms with Crippen molar-refractivity contribution in [2.24, 2.45) is 11.8 Å². The minimum atomic E-state index is -4.72. The van der Waals surface area contributed by atoms with Gasteiger partial charge in [-0.05, 0) is 35.9 Å². The zero-order valence-corrected chi connectivity index (χ0v) is 19.4. The normalized spacial score (nSPS) is 24.2. The summed E-state index contributed by atoms with van der Waals surface area (Å²) in [6, 6.07) is 15.9. The summed E-state index contributed by atoms with van der Waals surface area (Å²) in [5.41, 5.74) is -3.17. The third-order valence-corrected chi connectivity index (χ3v) is 7.40. The van der Waals surface area contributed by atoms with Crippen LogP contribution in [0.4, 0.5) is 18.9 Å². The molecule has 1 aliphatic carbocycles. The van der Waals surface area contributed by atoms with Crippen LogP contribution in [0.15, 0.2) is 72.8 Å². The summed E-state index contributed by atoms with van der Waals surface area (Å²) in [7, 11) is 0. The fourth-order valence-corrected chi connectivity index (χ4v) is 5.67. The number of hydrogen-bond donors (Lipinski definition) is 0. The number of halogens is 4. The second kappa shape index (κ2) is 7.84. The van der Waals surface area contributed by atoms with E-state index in [4.69, 9.17) is 16.3 Å². The third-order valence-electron chi connectivity index (χ3n) is 7.15. The Hall–Kier alpha value is -3.82. The molecule has 186 valence electrons. The van der Waals surface area contributed by atoms with Crippen LogP contribution in [-0.2, 0) is 20.5 Å². The highest BCUT2D eigenvalue weighted by Gasteiger charge is 2.74. The fraction of sp³-hybridized carbons (Fsp3) is 0.185. The molecule has 2 amide bonds. The zero-order chi connectivity index (χ0) is 26.3. The summed E-state index contributed by atoms with van der Waals surface area (Å²) < 4.78 is 46.3. The van der Waals surface area contributed by atoms with Crippen molar-refractivity contribution in [3.8, 4) is 0 Å². The van der Waals surface area contributed by atoms with Crippen molar-refractivity contribution < 1.29 is 37.1 Å². The van der Waals surface area contributed by atoms with E-state index < -0.39 is 58.7 Å². The van der Waals surface area contributed by atoms with Crippen molar-refractivity contribution in [1.29, 1.82) is 0 Å². The molecule has 3 aliphatic rings. The summed E-state index contributed by atoms with van der Waals surface area (Å²) in [6.45, 7) is 0. The van der Waals surface area contributed by atoms with Gasteiger partial charge in [-0.1, -0.05) is 54.1 Å². The van der Waals surface area contributed by atoms with Crippen molar-refractivity contribution in [3.63, 3.8) is 0 Å². The van der Waals surface area contributed by atoms with E-state index in [1.807, 2.05) is 0 Å². The highest BCUT2D eigenvalue weighted by Crippen LogP contribution is 2.57. The number of ketones is 2. The van der Waals surface area contributed by atoms with E-state index in [1.54, 1.807) is 24.3 Å². The van der Waals surface area contributed by atoms with Gasteiger partial charge in [-0.2, -0.15) is 13.2 Å². The van der Waals surface area contributed by atoms with Crippen LogP contribution < -0.4 is 4.90 Å². The number of carbonyl (C=O) groups excluding carboxylic acids is 4. The van der Waals surface area contributed by atoms with Crippen LogP contribution in [0, 0.1) is 11.8 Å². The Kier molecular flexibility index (Phi) is 4.99. The number of ether oxygens (including phenoxy) is 1. The van der Waals surface area contributed by atoms with Gasteiger partial charge in [0.25, 0.3) is 0 Å². The number of amides is 2. The molecule has 10 heteroatoms. The lowest BCUT2D eigenvalue weighted by Crippen LogP contribution is -2.51. The quantitative estimate of drug-likeness (QED) is 0.345. The molecule has 3 aromatic rings. The number of benzene rings is 3. The Morgan fingerprint density at radius 2 is 1.43 bits per heavy atom. The predicted molar refractivity (Wildman–Crippen MR) is 124 cm³/mol. The summed E-state index contributed by atoms with van der Waals surface area (Å²) in [5.74, 6) is -6.24. The van der Waals surface area contributed by atoms with Gasteiger partial charge in [-0.15, -0.1) is 0 Å². The number of rotatable bonds is 2. The molecule has 3 aromatic carbocycles. The lowest BCUT2D eigenvalue weighted by molar-refractivity contribution is -0.137. The second-order valence-electron chi connectivity index (χ2n) is 9.09. The summed E-state index contributed by atoms with van der Waals surface area (Å²) in [4.78, 5) is 55.5. The lowest BCUT2D eigenvalue weighted by atomic mass is 9.77. The maximum absolute atomic E-state index is 13.8. The maximum Gasteiger partial charge on any atom is 0.416 e. The molecule has 6 rings (SSSR count). The largest absolute Gasteiger partial charge is 0.416 e. The Morgan fingerprint density at radius 1 is 0.811 bits per heavy atom. The van der Waals surface area contributed by atoms with Gasteiger partial charge in [0.05, 0.1) is 29.2 Å². The fourth-order valence-electron chi connectivity index (χ4n) is 5.55. The van der Waals surface area contributed by atoms with Gasteiger partial charge in [0.1, 0.15) is 0 Å². The molecule has 2 aliphatic heterocycles. The summed E-state index contributed by atoms with van der Waals surface area (Å²) >= 11 is 5.99. The molecular formula is C27H15ClF3NO5. The average Bonchev–Trinajstić information content (AvgIpc) is 3.44. The molecule has 0 aromatic heterocycles. The molecule has 3 atom stereocenters. The first-order valence-electron chi connectivity index (χ1n) is 11.2. The standard InChI is InChI=1S/C27H15ClF3NO5/c28-15-10-8-13(9-11-15)21-19-20(26(37-21)22(33)17-6-1-2-7-18(17)23(26)34)25(36)32(24(19)35)16-5-3-4-14(12-16)27(29,30)31/h1-12,19-21H/t19-,20+,21+/m0/s1. The average molecular weight is 526 g/mol. The van der Waals surface area contributed by atoms with Crippen LogP contribution >= 0.6 is 11.6 Å². The number of fused-ring (bicyclic) bond motifs is 3. The van der Waals surface area contributed by atoms with Crippen molar-refractivity contribution in [1.82, 2.24) is 0 Å². The lowest BCUT2D eigenvalue weighted by Gasteiger charge is -2.27. The molecule has 0 saturated carbocycles. The van der Waals surface area contributed by atoms with Crippen molar-refractivity contribution >= 4 is 40.7 Å². The van der Waals surface area contributed by atoms with Crippen LogP contribution in [0.25, 0.3) is 0 Å². The minimum absolute atomic E-state index is 0.0563. The van der Waals surface area contributed by atoms with Gasteiger partial charge < -0.3 is 4.74 Å². The van der Waals surface area contributed by atoms with Gasteiger partial charge in [0.2, 0.25) is 29.0 Å². The molecular weight excluding hydrogens is 511 g/mol. The zero-order valence-electron chi connectivity index (χ0n) is 18.7. The van der Waals surface area contributed by atoms with Crippen molar-refractivity contribution in [3.05, 3.63) is 100 Å². The van der Waals surface area contributed by atoms with E-state index in [2.05, 4.69) is 0 Å². The van der Waals surface area contributed by atoms with E-state index in [1.165, 1.54) is 30.3 Å².